The van der Waals surface area contributed by atoms with Crippen LogP contribution in [0.1, 0.15) is 18.5 Å². The second-order valence-electron chi connectivity index (χ2n) is 4.56. The number of aromatic nitrogens is 1. The van der Waals surface area contributed by atoms with Crippen molar-refractivity contribution in [3.05, 3.63) is 52.3 Å². The molecule has 1 unspecified atom stereocenters. The molecular weight excluding hydrogens is 240 g/mol. The Hall–Kier alpha value is -2.07. The molecule has 1 aromatic carbocycles. The largest absolute Gasteiger partial charge is 0.497 e. The number of ether oxygens (including phenoxy) is 1. The van der Waals surface area contributed by atoms with Gasteiger partial charge in [-0.2, -0.15) is 0 Å². The van der Waals surface area contributed by atoms with Gasteiger partial charge in [-0.1, -0.05) is 0 Å². The SMILES string of the molecule is COc1ccc(-c2ccc(C(C)N)c(=O)n2C)cc1. The maximum atomic E-state index is 12.2. The van der Waals surface area contributed by atoms with E-state index in [0.717, 1.165) is 17.0 Å². The Kier molecular flexibility index (Phi) is 3.71. The zero-order chi connectivity index (χ0) is 14.0. The van der Waals surface area contributed by atoms with Crippen molar-refractivity contribution in [2.24, 2.45) is 12.8 Å². The predicted octanol–water partition coefficient (Wildman–Crippen LogP) is 2.08. The lowest BCUT2D eigenvalue weighted by atomic mass is 10.1. The normalized spacial score (nSPS) is 12.2. The first-order valence-corrected chi connectivity index (χ1v) is 6.14. The van der Waals surface area contributed by atoms with E-state index >= 15 is 0 Å². The molecule has 0 saturated heterocycles. The molecule has 1 heterocycles. The van der Waals surface area contributed by atoms with Crippen LogP contribution in [0, 0.1) is 0 Å². The lowest BCUT2D eigenvalue weighted by Crippen LogP contribution is -2.26. The number of benzene rings is 1. The fraction of sp³-hybridized carbons (Fsp3) is 0.267. The molecule has 1 aromatic heterocycles. The molecule has 0 spiro atoms. The maximum Gasteiger partial charge on any atom is 0.255 e. The zero-order valence-corrected chi connectivity index (χ0v) is 11.4. The van der Waals surface area contributed by atoms with E-state index in [1.807, 2.05) is 37.3 Å². The molecule has 0 aliphatic rings. The van der Waals surface area contributed by atoms with Crippen LogP contribution in [0.5, 0.6) is 5.75 Å². The highest BCUT2D eigenvalue weighted by atomic mass is 16.5. The molecule has 100 valence electrons. The molecule has 4 nitrogen and oxygen atoms in total. The molecule has 2 aromatic rings. The zero-order valence-electron chi connectivity index (χ0n) is 11.4. The summed E-state index contributed by atoms with van der Waals surface area (Å²) in [6, 6.07) is 11.1. The van der Waals surface area contributed by atoms with E-state index in [2.05, 4.69) is 0 Å². The number of nitrogens with zero attached hydrogens (tertiary/aromatic N) is 1. The molecule has 0 aliphatic carbocycles. The van der Waals surface area contributed by atoms with Crippen molar-refractivity contribution < 1.29 is 4.74 Å². The molecule has 0 aliphatic heterocycles. The van der Waals surface area contributed by atoms with Gasteiger partial charge in [-0.05, 0) is 48.9 Å². The first-order valence-electron chi connectivity index (χ1n) is 6.14. The maximum absolute atomic E-state index is 12.2. The quantitative estimate of drug-likeness (QED) is 0.917. The third kappa shape index (κ3) is 2.53. The lowest BCUT2D eigenvalue weighted by molar-refractivity contribution is 0.415. The summed E-state index contributed by atoms with van der Waals surface area (Å²) in [5.74, 6) is 0.793. The van der Waals surface area contributed by atoms with Crippen molar-refractivity contribution in [2.45, 2.75) is 13.0 Å². The van der Waals surface area contributed by atoms with Gasteiger partial charge in [-0.15, -0.1) is 0 Å². The summed E-state index contributed by atoms with van der Waals surface area (Å²) < 4.78 is 6.75. The summed E-state index contributed by atoms with van der Waals surface area (Å²) in [4.78, 5) is 12.2. The van der Waals surface area contributed by atoms with Crippen LogP contribution in [0.4, 0.5) is 0 Å². The number of hydrogen-bond acceptors (Lipinski definition) is 3. The average Bonchev–Trinajstić information content (AvgIpc) is 2.41. The minimum absolute atomic E-state index is 0.0525. The van der Waals surface area contributed by atoms with Gasteiger partial charge in [0.1, 0.15) is 5.75 Å². The van der Waals surface area contributed by atoms with E-state index in [0.29, 0.717) is 5.56 Å². The number of methoxy groups -OCH3 is 1. The average molecular weight is 258 g/mol. The van der Waals surface area contributed by atoms with Crippen LogP contribution in [0.25, 0.3) is 11.3 Å². The molecule has 0 fully saturated rings. The van der Waals surface area contributed by atoms with Gasteiger partial charge in [-0.3, -0.25) is 4.79 Å². The van der Waals surface area contributed by atoms with E-state index in [1.54, 1.807) is 24.8 Å². The second kappa shape index (κ2) is 5.28. The van der Waals surface area contributed by atoms with E-state index in [1.165, 1.54) is 0 Å². The Labute approximate surface area is 112 Å². The van der Waals surface area contributed by atoms with Crippen LogP contribution in [0.3, 0.4) is 0 Å². The van der Waals surface area contributed by atoms with Crippen LogP contribution in [0.15, 0.2) is 41.2 Å². The Balaban J connectivity index is 2.51. The molecule has 1 atom stereocenters. The molecule has 0 radical (unpaired) electrons. The van der Waals surface area contributed by atoms with Gasteiger partial charge in [0.15, 0.2) is 0 Å². The molecule has 2 rings (SSSR count). The highest BCUT2D eigenvalue weighted by Crippen LogP contribution is 2.21. The lowest BCUT2D eigenvalue weighted by Gasteiger charge is -2.12. The standard InChI is InChI=1S/C15H18N2O2/c1-10(16)13-8-9-14(17(2)15(13)18)11-4-6-12(19-3)7-5-11/h4-10H,16H2,1-3H3. The van der Waals surface area contributed by atoms with Gasteiger partial charge in [0.25, 0.3) is 5.56 Å². The van der Waals surface area contributed by atoms with Gasteiger partial charge in [0, 0.05) is 18.7 Å². The van der Waals surface area contributed by atoms with Crippen molar-refractivity contribution in [3.8, 4) is 17.0 Å². The van der Waals surface area contributed by atoms with Gasteiger partial charge >= 0.3 is 0 Å². The van der Waals surface area contributed by atoms with Gasteiger partial charge in [-0.25, -0.2) is 0 Å². The van der Waals surface area contributed by atoms with Crippen LogP contribution >= 0.6 is 0 Å². The molecular formula is C15H18N2O2. The van der Waals surface area contributed by atoms with Crippen LogP contribution in [0.2, 0.25) is 0 Å². The minimum atomic E-state index is -0.261. The molecule has 4 heteroatoms. The number of hydrogen-bond donors (Lipinski definition) is 1. The monoisotopic (exact) mass is 258 g/mol. The summed E-state index contributed by atoms with van der Waals surface area (Å²) in [7, 11) is 3.38. The van der Waals surface area contributed by atoms with Crippen molar-refractivity contribution in [2.75, 3.05) is 7.11 Å². The van der Waals surface area contributed by atoms with Crippen molar-refractivity contribution >= 4 is 0 Å². The first-order chi connectivity index (χ1) is 9.04. The Morgan fingerprint density at radius 3 is 2.32 bits per heavy atom. The summed E-state index contributed by atoms with van der Waals surface area (Å²) in [6.45, 7) is 1.81. The number of rotatable bonds is 3. The number of nitrogens with two attached hydrogens (primary N) is 1. The number of pyridine rings is 1. The summed E-state index contributed by atoms with van der Waals surface area (Å²) in [5.41, 5.74) is 8.18. The van der Waals surface area contributed by atoms with Gasteiger partial charge in [0.05, 0.1) is 12.8 Å². The van der Waals surface area contributed by atoms with E-state index < -0.39 is 0 Å². The Morgan fingerprint density at radius 2 is 1.79 bits per heavy atom. The van der Waals surface area contributed by atoms with E-state index in [9.17, 15) is 4.79 Å². The fourth-order valence-electron chi connectivity index (χ4n) is 2.05. The third-order valence-electron chi connectivity index (χ3n) is 3.21. The molecule has 19 heavy (non-hydrogen) atoms. The van der Waals surface area contributed by atoms with E-state index in [4.69, 9.17) is 10.5 Å². The Morgan fingerprint density at radius 1 is 1.16 bits per heavy atom. The fourth-order valence-corrected chi connectivity index (χ4v) is 2.05. The molecule has 0 saturated carbocycles. The van der Waals surface area contributed by atoms with Gasteiger partial charge < -0.3 is 15.0 Å². The molecule has 0 bridgehead atoms. The second-order valence-corrected chi connectivity index (χ2v) is 4.56. The first kappa shape index (κ1) is 13.4. The third-order valence-corrected chi connectivity index (χ3v) is 3.21. The highest BCUT2D eigenvalue weighted by molar-refractivity contribution is 5.60. The van der Waals surface area contributed by atoms with Crippen molar-refractivity contribution in [1.29, 1.82) is 0 Å². The highest BCUT2D eigenvalue weighted by Gasteiger charge is 2.10. The van der Waals surface area contributed by atoms with Crippen molar-refractivity contribution in [3.63, 3.8) is 0 Å². The summed E-state index contributed by atoms with van der Waals surface area (Å²) in [5, 5.41) is 0. The van der Waals surface area contributed by atoms with Crippen molar-refractivity contribution in [1.82, 2.24) is 4.57 Å². The van der Waals surface area contributed by atoms with Crippen LogP contribution < -0.4 is 16.0 Å². The topological polar surface area (TPSA) is 57.2 Å². The Bertz CT molecular complexity index is 628. The molecule has 2 N–H and O–H groups in total. The van der Waals surface area contributed by atoms with Gasteiger partial charge in [0.2, 0.25) is 0 Å². The summed E-state index contributed by atoms with van der Waals surface area (Å²) >= 11 is 0. The minimum Gasteiger partial charge on any atom is -0.497 e. The van der Waals surface area contributed by atoms with Crippen LogP contribution in [-0.4, -0.2) is 11.7 Å². The van der Waals surface area contributed by atoms with Crippen LogP contribution in [-0.2, 0) is 7.05 Å². The smallest absolute Gasteiger partial charge is 0.255 e. The van der Waals surface area contributed by atoms with E-state index in [-0.39, 0.29) is 11.6 Å². The molecule has 0 amide bonds. The predicted molar refractivity (Wildman–Crippen MR) is 76.3 cm³/mol. The summed E-state index contributed by atoms with van der Waals surface area (Å²) in [6.07, 6.45) is 0.